The third-order valence-corrected chi connectivity index (χ3v) is 4.52. The van der Waals surface area contributed by atoms with E-state index in [2.05, 4.69) is 47.4 Å². The maximum Gasteiger partial charge on any atom is 0.141 e. The van der Waals surface area contributed by atoms with Gasteiger partial charge in [-0.15, -0.1) is 11.3 Å². The van der Waals surface area contributed by atoms with Gasteiger partial charge < -0.3 is 10.2 Å². The Balaban J connectivity index is 2.25. The van der Waals surface area contributed by atoms with E-state index in [4.69, 9.17) is 0 Å². The number of pyridine rings is 1. The summed E-state index contributed by atoms with van der Waals surface area (Å²) in [5, 5.41) is 5.40. The Labute approximate surface area is 129 Å². The Morgan fingerprint density at radius 3 is 2.76 bits per heavy atom. The number of nitrogens with one attached hydrogen (secondary N) is 1. The number of hydrogen-bond acceptors (Lipinski definition) is 4. The van der Waals surface area contributed by atoms with Crippen molar-refractivity contribution in [2.45, 2.75) is 39.4 Å². The number of thiophene rings is 1. The van der Waals surface area contributed by atoms with Crippen LogP contribution in [-0.2, 0) is 6.54 Å². The molecule has 0 aliphatic rings. The average molecular weight is 307 g/mol. The van der Waals surface area contributed by atoms with Gasteiger partial charge in [-0.2, -0.15) is 0 Å². The molecular weight excluding hydrogens is 285 g/mol. The van der Waals surface area contributed by atoms with Crippen LogP contribution in [0.4, 0.5) is 10.2 Å². The van der Waals surface area contributed by atoms with Gasteiger partial charge in [-0.25, -0.2) is 9.37 Å². The van der Waals surface area contributed by atoms with E-state index in [1.165, 1.54) is 11.1 Å². The SMILES string of the molecule is CC(C)NCc1cc(F)cnc1N(C)C(C)c1cccs1. The molecule has 0 amide bonds. The second kappa shape index (κ2) is 7.00. The second-order valence-corrected chi connectivity index (χ2v) is 6.45. The summed E-state index contributed by atoms with van der Waals surface area (Å²) in [7, 11) is 2.00. The van der Waals surface area contributed by atoms with Crippen LogP contribution in [0.5, 0.6) is 0 Å². The van der Waals surface area contributed by atoms with Gasteiger partial charge in [0.05, 0.1) is 12.2 Å². The molecule has 0 saturated carbocycles. The lowest BCUT2D eigenvalue weighted by Crippen LogP contribution is -2.27. The van der Waals surface area contributed by atoms with Crippen molar-refractivity contribution in [3.8, 4) is 0 Å². The lowest BCUT2D eigenvalue weighted by atomic mass is 10.2. The minimum absolute atomic E-state index is 0.209. The van der Waals surface area contributed by atoms with Crippen molar-refractivity contribution in [3.63, 3.8) is 0 Å². The minimum Gasteiger partial charge on any atom is -0.352 e. The summed E-state index contributed by atoms with van der Waals surface area (Å²) in [6, 6.07) is 6.28. The van der Waals surface area contributed by atoms with Crippen LogP contribution in [0.1, 0.15) is 37.3 Å². The number of halogens is 1. The molecule has 1 atom stereocenters. The van der Waals surface area contributed by atoms with Crippen LogP contribution in [-0.4, -0.2) is 18.1 Å². The first-order valence-corrected chi connectivity index (χ1v) is 8.01. The van der Waals surface area contributed by atoms with Gasteiger partial charge in [-0.1, -0.05) is 19.9 Å². The van der Waals surface area contributed by atoms with Crippen LogP contribution in [0.2, 0.25) is 0 Å². The first-order valence-electron chi connectivity index (χ1n) is 7.13. The van der Waals surface area contributed by atoms with Crippen molar-refractivity contribution >= 4 is 17.2 Å². The summed E-state index contributed by atoms with van der Waals surface area (Å²) in [4.78, 5) is 7.67. The fourth-order valence-corrected chi connectivity index (χ4v) is 2.97. The molecule has 0 spiro atoms. The molecule has 21 heavy (non-hydrogen) atoms. The van der Waals surface area contributed by atoms with Gasteiger partial charge in [0.2, 0.25) is 0 Å². The Morgan fingerprint density at radius 2 is 2.14 bits per heavy atom. The highest BCUT2D eigenvalue weighted by Gasteiger charge is 2.18. The smallest absolute Gasteiger partial charge is 0.141 e. The van der Waals surface area contributed by atoms with Crippen molar-refractivity contribution in [3.05, 3.63) is 46.0 Å². The molecule has 0 aliphatic carbocycles. The average Bonchev–Trinajstić information content (AvgIpc) is 2.97. The predicted octanol–water partition coefficient (Wildman–Crippen LogP) is 3.98. The highest BCUT2D eigenvalue weighted by Crippen LogP contribution is 2.29. The predicted molar refractivity (Wildman–Crippen MR) is 87.3 cm³/mol. The van der Waals surface area contributed by atoms with Crippen molar-refractivity contribution in [2.75, 3.05) is 11.9 Å². The van der Waals surface area contributed by atoms with Gasteiger partial charge in [0.15, 0.2) is 0 Å². The van der Waals surface area contributed by atoms with Crippen LogP contribution < -0.4 is 10.2 Å². The van der Waals surface area contributed by atoms with E-state index < -0.39 is 0 Å². The Hall–Kier alpha value is -1.46. The van der Waals surface area contributed by atoms with Gasteiger partial charge in [0.25, 0.3) is 0 Å². The molecule has 0 aromatic carbocycles. The number of anilines is 1. The highest BCUT2D eigenvalue weighted by atomic mass is 32.1. The summed E-state index contributed by atoms with van der Waals surface area (Å²) < 4.78 is 13.5. The van der Waals surface area contributed by atoms with E-state index in [9.17, 15) is 4.39 Å². The fraction of sp³-hybridized carbons (Fsp3) is 0.438. The first kappa shape index (κ1) is 15.9. The molecule has 0 saturated heterocycles. The molecule has 0 fully saturated rings. The van der Waals surface area contributed by atoms with Crippen molar-refractivity contribution in [1.82, 2.24) is 10.3 Å². The van der Waals surface area contributed by atoms with Crippen molar-refractivity contribution in [2.24, 2.45) is 0 Å². The minimum atomic E-state index is -0.295. The molecule has 1 N–H and O–H groups in total. The van der Waals surface area contributed by atoms with Gasteiger partial charge in [-0.05, 0) is 24.4 Å². The molecule has 0 aliphatic heterocycles. The highest BCUT2D eigenvalue weighted by molar-refractivity contribution is 7.10. The maximum absolute atomic E-state index is 13.5. The van der Waals surface area contributed by atoms with Gasteiger partial charge in [-0.3, -0.25) is 0 Å². The summed E-state index contributed by atoms with van der Waals surface area (Å²) >= 11 is 1.72. The van der Waals surface area contributed by atoms with Crippen LogP contribution in [0.25, 0.3) is 0 Å². The third-order valence-electron chi connectivity index (χ3n) is 3.48. The largest absolute Gasteiger partial charge is 0.352 e. The summed E-state index contributed by atoms with van der Waals surface area (Å²) in [5.74, 6) is 0.530. The molecule has 2 aromatic rings. The second-order valence-electron chi connectivity index (χ2n) is 5.47. The molecule has 114 valence electrons. The quantitative estimate of drug-likeness (QED) is 0.875. The van der Waals surface area contributed by atoms with Crippen LogP contribution in [0, 0.1) is 5.82 Å². The van der Waals surface area contributed by atoms with Crippen LogP contribution in [0.15, 0.2) is 29.8 Å². The Kier molecular flexibility index (Phi) is 5.31. The standard InChI is InChI=1S/C16H22FN3S/c1-11(2)18-9-13-8-14(17)10-19-16(13)20(4)12(3)15-6-5-7-21-15/h5-8,10-12,18H,9H2,1-4H3. The normalized spacial score (nSPS) is 12.7. The lowest BCUT2D eigenvalue weighted by Gasteiger charge is -2.27. The van der Waals surface area contributed by atoms with Crippen molar-refractivity contribution < 1.29 is 4.39 Å². The van der Waals surface area contributed by atoms with Crippen LogP contribution >= 0.6 is 11.3 Å². The molecule has 2 rings (SSSR count). The first-order chi connectivity index (χ1) is 9.99. The monoisotopic (exact) mass is 307 g/mol. The topological polar surface area (TPSA) is 28.2 Å². The fourth-order valence-electron chi connectivity index (χ4n) is 2.14. The summed E-state index contributed by atoms with van der Waals surface area (Å²) in [6.07, 6.45) is 1.28. The zero-order valence-electron chi connectivity index (χ0n) is 12.9. The van der Waals surface area contributed by atoms with E-state index in [-0.39, 0.29) is 11.9 Å². The number of nitrogens with zero attached hydrogens (tertiary/aromatic N) is 2. The van der Waals surface area contributed by atoms with E-state index in [1.807, 2.05) is 13.1 Å². The molecule has 0 bridgehead atoms. The van der Waals surface area contributed by atoms with Crippen molar-refractivity contribution in [1.29, 1.82) is 0 Å². The zero-order valence-corrected chi connectivity index (χ0v) is 13.7. The van der Waals surface area contributed by atoms with E-state index >= 15 is 0 Å². The Morgan fingerprint density at radius 1 is 1.38 bits per heavy atom. The van der Waals surface area contributed by atoms with Gasteiger partial charge in [0.1, 0.15) is 11.6 Å². The number of hydrogen-bond donors (Lipinski definition) is 1. The molecule has 2 aromatic heterocycles. The zero-order chi connectivity index (χ0) is 15.4. The van der Waals surface area contributed by atoms with Gasteiger partial charge in [0, 0.05) is 30.1 Å². The number of rotatable bonds is 6. The van der Waals surface area contributed by atoms with Gasteiger partial charge >= 0.3 is 0 Å². The molecule has 3 nitrogen and oxygen atoms in total. The van der Waals surface area contributed by atoms with E-state index in [0.717, 1.165) is 11.4 Å². The van der Waals surface area contributed by atoms with Crippen LogP contribution in [0.3, 0.4) is 0 Å². The third kappa shape index (κ3) is 4.02. The summed E-state index contributed by atoms with van der Waals surface area (Å²) in [6.45, 7) is 6.89. The molecular formula is C16H22FN3S. The molecule has 2 heterocycles. The summed E-state index contributed by atoms with van der Waals surface area (Å²) in [5.41, 5.74) is 0.884. The molecule has 1 unspecified atom stereocenters. The van der Waals surface area contributed by atoms with E-state index in [1.54, 1.807) is 17.4 Å². The maximum atomic E-state index is 13.5. The lowest BCUT2D eigenvalue weighted by molar-refractivity contribution is 0.575. The molecule has 5 heteroatoms. The number of aromatic nitrogens is 1. The molecule has 0 radical (unpaired) electrons. The van der Waals surface area contributed by atoms with E-state index in [0.29, 0.717) is 12.6 Å². The Bertz CT molecular complexity index is 569.